The lowest BCUT2D eigenvalue weighted by Crippen LogP contribution is -2.55. The van der Waals surface area contributed by atoms with Gasteiger partial charge in [-0.3, -0.25) is 9.59 Å². The van der Waals surface area contributed by atoms with E-state index in [1.165, 1.54) is 26.4 Å². The van der Waals surface area contributed by atoms with E-state index in [2.05, 4.69) is 37.2 Å². The number of benzene rings is 2. The first-order valence-electron chi connectivity index (χ1n) is 9.52. The fraction of sp³-hybridized carbons (Fsp3) is 0.273. The number of hydrogen-bond donors (Lipinski definition) is 2. The van der Waals surface area contributed by atoms with Gasteiger partial charge in [-0.2, -0.15) is 0 Å². The number of hydrogen-bond acceptors (Lipinski definition) is 7. The molecule has 0 fully saturated rings. The molecular formula is C22H18Br2ClNO6. The van der Waals surface area contributed by atoms with Crippen LogP contribution in [0.1, 0.15) is 23.7 Å². The largest absolute Gasteiger partial charge is 0.506 e. The van der Waals surface area contributed by atoms with E-state index in [1.807, 2.05) is 0 Å². The summed E-state index contributed by atoms with van der Waals surface area (Å²) in [5.74, 6) is -0.812. The van der Waals surface area contributed by atoms with Gasteiger partial charge in [0.1, 0.15) is 27.8 Å². The number of nitrogens with one attached hydrogen (secondary N) is 1. The van der Waals surface area contributed by atoms with E-state index in [0.29, 0.717) is 26.8 Å². The van der Waals surface area contributed by atoms with Crippen LogP contribution in [0.25, 0.3) is 0 Å². The molecule has 0 amide bonds. The number of phenols is 1. The number of phenolic OH excluding ortho intramolecular Hbond substituents is 1. The van der Waals surface area contributed by atoms with Gasteiger partial charge in [0.15, 0.2) is 5.75 Å². The van der Waals surface area contributed by atoms with Crippen molar-refractivity contribution in [3.63, 3.8) is 0 Å². The summed E-state index contributed by atoms with van der Waals surface area (Å²) < 4.78 is 17.6. The van der Waals surface area contributed by atoms with Crippen molar-refractivity contribution in [3.05, 3.63) is 49.5 Å². The molecule has 0 unspecified atom stereocenters. The van der Waals surface area contributed by atoms with E-state index in [9.17, 15) is 14.7 Å². The third kappa shape index (κ3) is 3.38. The minimum atomic E-state index is -1.73. The quantitative estimate of drug-likeness (QED) is 0.360. The number of allylic oxidation sites excluding steroid dienone is 1. The van der Waals surface area contributed by atoms with Crippen molar-refractivity contribution >= 4 is 60.7 Å². The zero-order valence-corrected chi connectivity index (χ0v) is 21.1. The minimum absolute atomic E-state index is 0.0699. The molecule has 32 heavy (non-hydrogen) atoms. The maximum absolute atomic E-state index is 13.5. The summed E-state index contributed by atoms with van der Waals surface area (Å²) in [5, 5.41) is 13.2. The van der Waals surface area contributed by atoms with Crippen LogP contribution in [0.4, 0.5) is 5.69 Å². The Morgan fingerprint density at radius 3 is 2.34 bits per heavy atom. The van der Waals surface area contributed by atoms with Gasteiger partial charge in [0.25, 0.3) is 0 Å². The molecule has 2 N–H and O–H groups in total. The summed E-state index contributed by atoms with van der Waals surface area (Å²) in [6, 6.07) is 4.87. The third-order valence-corrected chi connectivity index (χ3v) is 7.20. The van der Waals surface area contributed by atoms with Crippen molar-refractivity contribution in [2.45, 2.75) is 18.9 Å². The first-order valence-corrected chi connectivity index (χ1v) is 11.5. The summed E-state index contributed by atoms with van der Waals surface area (Å²) in [6.45, 7) is 1.77. The highest BCUT2D eigenvalue weighted by Crippen LogP contribution is 2.53. The Balaban J connectivity index is 1.72. The van der Waals surface area contributed by atoms with Crippen LogP contribution in [0.15, 0.2) is 38.9 Å². The first-order chi connectivity index (χ1) is 15.1. The topological polar surface area (TPSA) is 94.1 Å². The first kappa shape index (κ1) is 22.9. The second-order valence-corrected chi connectivity index (χ2v) is 9.61. The molecule has 1 spiro atoms. The molecule has 0 radical (unpaired) electrons. The van der Waals surface area contributed by atoms with Crippen LogP contribution in [-0.4, -0.2) is 36.5 Å². The fourth-order valence-corrected chi connectivity index (χ4v) is 5.49. The lowest BCUT2D eigenvalue weighted by Gasteiger charge is -2.35. The number of carbonyl (C=O) groups excluding carboxylic acids is 2. The summed E-state index contributed by atoms with van der Waals surface area (Å²) in [6.07, 6.45) is 1.73. The zero-order chi connectivity index (χ0) is 23.4. The number of rotatable bonds is 4. The number of fused-ring (bicyclic) bond motifs is 1. The fourth-order valence-electron chi connectivity index (χ4n) is 4.04. The third-order valence-electron chi connectivity index (χ3n) is 5.63. The summed E-state index contributed by atoms with van der Waals surface area (Å²) >= 11 is 13.0. The minimum Gasteiger partial charge on any atom is -0.506 e. The molecular weight excluding hydrogens is 570 g/mol. The highest BCUT2D eigenvalue weighted by molar-refractivity contribution is 9.11. The molecule has 2 aliphatic rings. The second kappa shape index (κ2) is 8.28. The van der Waals surface area contributed by atoms with Gasteiger partial charge in [-0.1, -0.05) is 18.5 Å². The van der Waals surface area contributed by atoms with E-state index in [0.717, 1.165) is 0 Å². The summed E-state index contributed by atoms with van der Waals surface area (Å²) in [4.78, 5) is 26.8. The molecule has 4 rings (SSSR count). The van der Waals surface area contributed by atoms with Crippen molar-refractivity contribution in [1.82, 2.24) is 0 Å². The Hall–Kier alpha value is -2.23. The van der Waals surface area contributed by atoms with Gasteiger partial charge < -0.3 is 24.6 Å². The van der Waals surface area contributed by atoms with Crippen molar-refractivity contribution in [1.29, 1.82) is 0 Å². The normalized spacial score (nSPS) is 21.8. The number of carbonyl (C=O) groups is 2. The van der Waals surface area contributed by atoms with Crippen molar-refractivity contribution in [2.24, 2.45) is 5.92 Å². The molecule has 1 heterocycles. The maximum atomic E-state index is 13.5. The van der Waals surface area contributed by atoms with E-state index in [1.54, 1.807) is 19.1 Å². The standard InChI is InChI=1S/C22H18Br2ClNO6/c1-9-4-10(26-11-5-12(23)19(28)13(24)6-11)7-16(27)22(9)21(29)17-14(30-2)8-15(31-3)18(25)20(17)32-22/h5-9,26,28H,4H2,1-3H3/t9-,22+/m1/s1. The summed E-state index contributed by atoms with van der Waals surface area (Å²) in [5.41, 5.74) is -0.331. The molecule has 2 aromatic carbocycles. The molecule has 1 aliphatic heterocycles. The van der Waals surface area contributed by atoms with Crippen LogP contribution >= 0.6 is 43.5 Å². The smallest absolute Gasteiger partial charge is 0.236 e. The zero-order valence-electron chi connectivity index (χ0n) is 17.2. The van der Waals surface area contributed by atoms with Gasteiger partial charge in [-0.25, -0.2) is 0 Å². The van der Waals surface area contributed by atoms with Crippen LogP contribution in [0, 0.1) is 5.92 Å². The SMILES string of the molecule is COc1cc(OC)c2c(c1Cl)O[C@@]1(C(=O)C=C(Nc3cc(Br)c(O)c(Br)c3)C[C@H]1C)C2=O. The number of ketones is 2. The average Bonchev–Trinajstić information content (AvgIpc) is 3.06. The molecule has 10 heteroatoms. The predicted octanol–water partition coefficient (Wildman–Crippen LogP) is 5.51. The Labute approximate surface area is 205 Å². The number of methoxy groups -OCH3 is 2. The molecule has 0 aromatic heterocycles. The van der Waals surface area contributed by atoms with Gasteiger partial charge in [-0.15, -0.1) is 0 Å². The number of ether oxygens (including phenoxy) is 3. The van der Waals surface area contributed by atoms with E-state index < -0.39 is 23.1 Å². The Kier molecular flexibility index (Phi) is 5.94. The number of halogens is 3. The van der Waals surface area contributed by atoms with Gasteiger partial charge >= 0.3 is 0 Å². The van der Waals surface area contributed by atoms with Crippen molar-refractivity contribution in [2.75, 3.05) is 19.5 Å². The molecule has 168 valence electrons. The Morgan fingerprint density at radius 1 is 1.16 bits per heavy atom. The molecule has 2 aromatic rings. The van der Waals surface area contributed by atoms with E-state index >= 15 is 0 Å². The monoisotopic (exact) mass is 585 g/mol. The lowest BCUT2D eigenvalue weighted by atomic mass is 9.74. The van der Waals surface area contributed by atoms with Crippen molar-refractivity contribution in [3.8, 4) is 23.0 Å². The number of aromatic hydroxyl groups is 1. The van der Waals surface area contributed by atoms with Crippen LogP contribution < -0.4 is 19.5 Å². The highest BCUT2D eigenvalue weighted by Gasteiger charge is 2.60. The number of anilines is 1. The maximum Gasteiger partial charge on any atom is 0.236 e. The predicted molar refractivity (Wildman–Crippen MR) is 126 cm³/mol. The van der Waals surface area contributed by atoms with Gasteiger partial charge in [-0.05, 0) is 50.4 Å². The molecule has 1 aliphatic carbocycles. The molecule has 0 saturated heterocycles. The van der Waals surface area contributed by atoms with Crippen LogP contribution in [-0.2, 0) is 4.79 Å². The van der Waals surface area contributed by atoms with Crippen molar-refractivity contribution < 1.29 is 28.9 Å². The van der Waals surface area contributed by atoms with E-state index in [-0.39, 0.29) is 33.6 Å². The molecule has 7 nitrogen and oxygen atoms in total. The highest BCUT2D eigenvalue weighted by atomic mass is 79.9. The average molecular weight is 588 g/mol. The van der Waals surface area contributed by atoms with E-state index in [4.69, 9.17) is 25.8 Å². The van der Waals surface area contributed by atoms with Crippen LogP contribution in [0.5, 0.6) is 23.0 Å². The summed E-state index contributed by atoms with van der Waals surface area (Å²) in [7, 11) is 2.86. The number of Topliss-reactive ketones (excluding diaryl/α,β-unsaturated/α-hetero) is 1. The lowest BCUT2D eigenvalue weighted by molar-refractivity contribution is -0.129. The van der Waals surface area contributed by atoms with Gasteiger partial charge in [0.05, 0.1) is 23.2 Å². The molecule has 2 atom stereocenters. The van der Waals surface area contributed by atoms with Gasteiger partial charge in [0, 0.05) is 29.4 Å². The molecule has 0 saturated carbocycles. The van der Waals surface area contributed by atoms with Crippen LogP contribution in [0.2, 0.25) is 5.02 Å². The van der Waals surface area contributed by atoms with Gasteiger partial charge in [0.2, 0.25) is 17.2 Å². The molecule has 0 bridgehead atoms. The van der Waals surface area contributed by atoms with Crippen LogP contribution in [0.3, 0.4) is 0 Å². The second-order valence-electron chi connectivity index (χ2n) is 7.52. The Bertz CT molecular complexity index is 1170. The Morgan fingerprint density at radius 2 is 1.78 bits per heavy atom.